The lowest BCUT2D eigenvalue weighted by Gasteiger charge is -2.16. The first-order chi connectivity index (χ1) is 10.0. The van der Waals surface area contributed by atoms with Gasteiger partial charge in [0.2, 0.25) is 0 Å². The fraction of sp³-hybridized carbons (Fsp3) is 0.533. The molecule has 1 saturated heterocycles. The molecule has 0 radical (unpaired) electrons. The van der Waals surface area contributed by atoms with Crippen molar-refractivity contribution in [3.63, 3.8) is 0 Å². The highest BCUT2D eigenvalue weighted by molar-refractivity contribution is 7.99. The lowest BCUT2D eigenvalue weighted by Crippen LogP contribution is -2.36. The van der Waals surface area contributed by atoms with Gasteiger partial charge in [-0.25, -0.2) is 0 Å². The molecule has 5 nitrogen and oxygen atoms in total. The molecule has 1 aliphatic rings. The maximum atomic E-state index is 11.9. The van der Waals surface area contributed by atoms with Gasteiger partial charge in [-0.2, -0.15) is 0 Å². The minimum absolute atomic E-state index is 0.0505. The molecule has 0 aliphatic carbocycles. The number of carbonyl (C=O) groups is 1. The van der Waals surface area contributed by atoms with Gasteiger partial charge >= 0.3 is 5.97 Å². The number of hydrogen-bond donors (Lipinski definition) is 1. The number of esters is 1. The first kappa shape index (κ1) is 16.0. The average molecular weight is 311 g/mol. The van der Waals surface area contributed by atoms with E-state index in [4.69, 9.17) is 14.2 Å². The van der Waals surface area contributed by atoms with Crippen molar-refractivity contribution in [1.82, 2.24) is 5.32 Å². The Bertz CT molecular complexity index is 506. The summed E-state index contributed by atoms with van der Waals surface area (Å²) in [5, 5.41) is 3.34. The Hall–Kier alpha value is -1.40. The normalized spacial score (nSPS) is 21.4. The zero-order chi connectivity index (χ0) is 15.4. The highest BCUT2D eigenvalue weighted by Gasteiger charge is 2.32. The van der Waals surface area contributed by atoms with Crippen LogP contribution in [-0.4, -0.2) is 38.1 Å². The van der Waals surface area contributed by atoms with E-state index in [1.54, 1.807) is 26.0 Å². The van der Waals surface area contributed by atoms with E-state index in [2.05, 4.69) is 5.32 Å². The van der Waals surface area contributed by atoms with Crippen molar-refractivity contribution < 1.29 is 19.0 Å². The number of nitrogens with one attached hydrogen (secondary N) is 1. The van der Waals surface area contributed by atoms with Gasteiger partial charge in [0.25, 0.3) is 0 Å². The van der Waals surface area contributed by atoms with Gasteiger partial charge in [-0.1, -0.05) is 6.07 Å². The molecule has 0 aromatic heterocycles. The molecule has 0 amide bonds. The summed E-state index contributed by atoms with van der Waals surface area (Å²) in [4.78, 5) is 11.9. The van der Waals surface area contributed by atoms with Crippen molar-refractivity contribution in [1.29, 1.82) is 0 Å². The number of carbonyl (C=O) groups excluding carboxylic acids is 1. The van der Waals surface area contributed by atoms with E-state index in [9.17, 15) is 4.79 Å². The van der Waals surface area contributed by atoms with Gasteiger partial charge in [0.1, 0.15) is 6.04 Å². The fourth-order valence-corrected chi connectivity index (χ4v) is 3.35. The van der Waals surface area contributed by atoms with Crippen LogP contribution in [0, 0.1) is 0 Å². The second-order valence-corrected chi connectivity index (χ2v) is 6.17. The third kappa shape index (κ3) is 3.83. The second kappa shape index (κ2) is 7.04. The van der Waals surface area contributed by atoms with Crippen molar-refractivity contribution >= 4 is 17.7 Å². The summed E-state index contributed by atoms with van der Waals surface area (Å²) >= 11 is 1.68. The molecule has 0 saturated carbocycles. The zero-order valence-corrected chi connectivity index (χ0v) is 13.5. The largest absolute Gasteiger partial charge is 0.493 e. The van der Waals surface area contributed by atoms with Gasteiger partial charge in [0, 0.05) is 5.75 Å². The SMILES string of the molecule is COc1ccc(C2NC(C(=O)OC(C)C)CS2)cc1OC. The predicted octanol–water partition coefficient (Wildman–Crippen LogP) is 2.36. The third-order valence-corrected chi connectivity index (χ3v) is 4.40. The van der Waals surface area contributed by atoms with Crippen LogP contribution in [0.25, 0.3) is 0 Å². The molecule has 0 spiro atoms. The topological polar surface area (TPSA) is 56.8 Å². The van der Waals surface area contributed by atoms with E-state index >= 15 is 0 Å². The van der Waals surface area contributed by atoms with Crippen LogP contribution < -0.4 is 14.8 Å². The first-order valence-electron chi connectivity index (χ1n) is 6.85. The summed E-state index contributed by atoms with van der Waals surface area (Å²) < 4.78 is 15.8. The van der Waals surface area contributed by atoms with Crippen LogP contribution in [-0.2, 0) is 9.53 Å². The third-order valence-electron chi connectivity index (χ3n) is 3.13. The Balaban J connectivity index is 2.06. The maximum absolute atomic E-state index is 11.9. The lowest BCUT2D eigenvalue weighted by molar-refractivity contribution is -0.149. The molecule has 1 aromatic rings. The molecular formula is C15H21NO4S. The molecule has 1 N–H and O–H groups in total. The molecular weight excluding hydrogens is 290 g/mol. The smallest absolute Gasteiger partial charge is 0.324 e. The Morgan fingerprint density at radius 1 is 1.29 bits per heavy atom. The fourth-order valence-electron chi connectivity index (χ4n) is 2.13. The van der Waals surface area contributed by atoms with Crippen LogP contribution in [0.2, 0.25) is 0 Å². The van der Waals surface area contributed by atoms with Crippen molar-refractivity contribution in [2.24, 2.45) is 0 Å². The van der Waals surface area contributed by atoms with Crippen LogP contribution in [0.5, 0.6) is 11.5 Å². The molecule has 116 valence electrons. The number of benzene rings is 1. The van der Waals surface area contributed by atoms with E-state index < -0.39 is 0 Å². The van der Waals surface area contributed by atoms with Gasteiger partial charge < -0.3 is 14.2 Å². The Morgan fingerprint density at radius 3 is 2.62 bits per heavy atom. The molecule has 0 bridgehead atoms. The molecule has 1 fully saturated rings. The van der Waals surface area contributed by atoms with E-state index in [1.807, 2.05) is 32.0 Å². The number of methoxy groups -OCH3 is 2. The van der Waals surface area contributed by atoms with E-state index in [1.165, 1.54) is 0 Å². The molecule has 21 heavy (non-hydrogen) atoms. The van der Waals surface area contributed by atoms with Gasteiger partial charge in [-0.15, -0.1) is 11.8 Å². The Kier molecular flexibility index (Phi) is 5.36. The maximum Gasteiger partial charge on any atom is 0.324 e. The minimum atomic E-state index is -0.268. The number of hydrogen-bond acceptors (Lipinski definition) is 6. The summed E-state index contributed by atoms with van der Waals surface area (Å²) in [5.74, 6) is 1.89. The van der Waals surface area contributed by atoms with E-state index in [-0.39, 0.29) is 23.5 Å². The van der Waals surface area contributed by atoms with Crippen LogP contribution in [0.15, 0.2) is 18.2 Å². The summed E-state index contributed by atoms with van der Waals surface area (Å²) in [5.41, 5.74) is 1.05. The summed E-state index contributed by atoms with van der Waals surface area (Å²) in [6, 6.07) is 5.51. The van der Waals surface area contributed by atoms with Crippen molar-refractivity contribution in [3.05, 3.63) is 23.8 Å². The molecule has 1 aliphatic heterocycles. The quantitative estimate of drug-likeness (QED) is 0.843. The number of rotatable bonds is 5. The lowest BCUT2D eigenvalue weighted by atomic mass is 10.2. The van der Waals surface area contributed by atoms with Gasteiger partial charge in [0.15, 0.2) is 11.5 Å². The van der Waals surface area contributed by atoms with Crippen LogP contribution >= 0.6 is 11.8 Å². The standard InChI is InChI=1S/C15H21NO4S/c1-9(2)20-15(17)11-8-21-14(16-11)10-5-6-12(18-3)13(7-10)19-4/h5-7,9,11,14,16H,8H2,1-4H3. The first-order valence-corrected chi connectivity index (χ1v) is 7.90. The van der Waals surface area contributed by atoms with Crippen LogP contribution in [0.3, 0.4) is 0 Å². The molecule has 1 aromatic carbocycles. The molecule has 1 heterocycles. The van der Waals surface area contributed by atoms with Gasteiger partial charge in [-0.3, -0.25) is 10.1 Å². The number of ether oxygens (including phenoxy) is 3. The predicted molar refractivity (Wildman–Crippen MR) is 82.9 cm³/mol. The summed E-state index contributed by atoms with van der Waals surface area (Å²) in [6.45, 7) is 3.71. The van der Waals surface area contributed by atoms with Crippen molar-refractivity contribution in [3.8, 4) is 11.5 Å². The van der Waals surface area contributed by atoms with Crippen LogP contribution in [0.4, 0.5) is 0 Å². The highest BCUT2D eigenvalue weighted by atomic mass is 32.2. The molecule has 2 unspecified atom stereocenters. The van der Waals surface area contributed by atoms with Gasteiger partial charge in [0.05, 0.1) is 25.7 Å². The Labute approximate surface area is 129 Å². The highest BCUT2D eigenvalue weighted by Crippen LogP contribution is 2.37. The summed E-state index contributed by atoms with van der Waals surface area (Å²) in [6.07, 6.45) is -0.0931. The van der Waals surface area contributed by atoms with E-state index in [0.29, 0.717) is 17.3 Å². The van der Waals surface area contributed by atoms with Gasteiger partial charge in [-0.05, 0) is 31.5 Å². The average Bonchev–Trinajstić information content (AvgIpc) is 2.95. The minimum Gasteiger partial charge on any atom is -0.493 e. The van der Waals surface area contributed by atoms with Crippen LogP contribution in [0.1, 0.15) is 24.8 Å². The molecule has 6 heteroatoms. The monoisotopic (exact) mass is 311 g/mol. The van der Waals surface area contributed by atoms with E-state index in [0.717, 1.165) is 5.56 Å². The van der Waals surface area contributed by atoms with Crippen molar-refractivity contribution in [2.45, 2.75) is 31.4 Å². The van der Waals surface area contributed by atoms with Crippen molar-refractivity contribution in [2.75, 3.05) is 20.0 Å². The molecule has 2 atom stereocenters. The Morgan fingerprint density at radius 2 is 2.00 bits per heavy atom. The second-order valence-electron chi connectivity index (χ2n) is 5.03. The summed E-state index contributed by atoms with van der Waals surface area (Å²) in [7, 11) is 3.22. The molecule has 2 rings (SSSR count). The zero-order valence-electron chi connectivity index (χ0n) is 12.7. The number of thioether (sulfide) groups is 1.